The van der Waals surface area contributed by atoms with Crippen molar-refractivity contribution in [1.29, 1.82) is 0 Å². The second kappa shape index (κ2) is 5.04. The Kier molecular flexibility index (Phi) is 3.05. The van der Waals surface area contributed by atoms with E-state index in [0.29, 0.717) is 17.0 Å². The van der Waals surface area contributed by atoms with Gasteiger partial charge in [0.15, 0.2) is 0 Å². The Morgan fingerprint density at radius 3 is 2.96 bits per heavy atom. The Balaban J connectivity index is 1.74. The van der Waals surface area contributed by atoms with Gasteiger partial charge in [-0.3, -0.25) is 4.40 Å². The molecule has 26 heavy (non-hydrogen) atoms. The Morgan fingerprint density at radius 1 is 1.27 bits per heavy atom. The number of rotatable bonds is 1. The molecule has 2 unspecified atom stereocenters. The van der Waals surface area contributed by atoms with Gasteiger partial charge < -0.3 is 10.1 Å². The van der Waals surface area contributed by atoms with E-state index in [1.54, 1.807) is 18.5 Å². The first kappa shape index (κ1) is 15.8. The van der Waals surface area contributed by atoms with Crippen LogP contribution in [0.3, 0.4) is 0 Å². The summed E-state index contributed by atoms with van der Waals surface area (Å²) >= 11 is 0. The Hall–Kier alpha value is -2.47. The number of fused-ring (bicyclic) bond motifs is 4. The van der Waals surface area contributed by atoms with E-state index in [1.807, 2.05) is 22.7 Å². The molecule has 3 aromatic rings. The number of nitrogens with one attached hydrogen (secondary N) is 1. The molecule has 0 bridgehead atoms. The third-order valence-corrected chi connectivity index (χ3v) is 5.88. The molecule has 5 nitrogen and oxygen atoms in total. The van der Waals surface area contributed by atoms with Crippen molar-refractivity contribution in [2.45, 2.75) is 44.2 Å². The van der Waals surface area contributed by atoms with Crippen molar-refractivity contribution in [3.8, 4) is 11.3 Å². The molecule has 5 rings (SSSR count). The number of hydrogen-bond acceptors (Lipinski definition) is 4. The molecule has 1 fully saturated rings. The van der Waals surface area contributed by atoms with Crippen LogP contribution in [0.4, 0.5) is 10.1 Å². The molecule has 0 radical (unpaired) electrons. The minimum atomic E-state index is -0.265. The maximum absolute atomic E-state index is 15.1. The van der Waals surface area contributed by atoms with Gasteiger partial charge in [-0.2, -0.15) is 0 Å². The average molecular weight is 352 g/mol. The largest absolute Gasteiger partial charge is 0.377 e. The van der Waals surface area contributed by atoms with Crippen molar-refractivity contribution in [3.05, 3.63) is 48.2 Å². The van der Waals surface area contributed by atoms with E-state index >= 15 is 4.39 Å². The van der Waals surface area contributed by atoms with Gasteiger partial charge >= 0.3 is 0 Å². The fourth-order valence-electron chi connectivity index (χ4n) is 4.77. The molecule has 0 saturated carbocycles. The van der Waals surface area contributed by atoms with E-state index in [9.17, 15) is 0 Å². The van der Waals surface area contributed by atoms with Gasteiger partial charge in [0.2, 0.25) is 5.78 Å². The molecule has 4 heterocycles. The molecule has 6 heteroatoms. The monoisotopic (exact) mass is 352 g/mol. The van der Waals surface area contributed by atoms with E-state index < -0.39 is 0 Å². The number of anilines is 1. The van der Waals surface area contributed by atoms with Gasteiger partial charge in [-0.05, 0) is 44.0 Å². The quantitative estimate of drug-likeness (QED) is 0.724. The summed E-state index contributed by atoms with van der Waals surface area (Å²) in [7, 11) is 0. The summed E-state index contributed by atoms with van der Waals surface area (Å²) in [5, 5.41) is 3.48. The number of halogens is 1. The third-order valence-electron chi connectivity index (χ3n) is 5.88. The van der Waals surface area contributed by atoms with Crippen LogP contribution in [0.1, 0.15) is 32.8 Å². The highest BCUT2D eigenvalue weighted by molar-refractivity contribution is 5.72. The predicted molar refractivity (Wildman–Crippen MR) is 97.8 cm³/mol. The van der Waals surface area contributed by atoms with Gasteiger partial charge in [-0.1, -0.05) is 6.92 Å². The highest BCUT2D eigenvalue weighted by atomic mass is 19.1. The Labute approximate surface area is 151 Å². The smallest absolute Gasteiger partial charge is 0.234 e. The summed E-state index contributed by atoms with van der Waals surface area (Å²) in [6.45, 7) is 7.18. The molecule has 2 aliphatic rings. The summed E-state index contributed by atoms with van der Waals surface area (Å²) in [6.07, 6.45) is 6.19. The molecule has 1 aromatic carbocycles. The van der Waals surface area contributed by atoms with E-state index in [2.05, 4.69) is 36.1 Å². The highest BCUT2D eigenvalue weighted by Crippen LogP contribution is 2.51. The molecule has 0 aliphatic carbocycles. The van der Waals surface area contributed by atoms with E-state index in [1.165, 1.54) is 0 Å². The topological polar surface area (TPSA) is 51.5 Å². The zero-order valence-corrected chi connectivity index (χ0v) is 15.1. The van der Waals surface area contributed by atoms with E-state index in [0.717, 1.165) is 24.3 Å². The average Bonchev–Trinajstić information content (AvgIpc) is 3.19. The molecule has 0 spiro atoms. The zero-order valence-electron chi connectivity index (χ0n) is 15.1. The van der Waals surface area contributed by atoms with E-state index in [4.69, 9.17) is 4.74 Å². The van der Waals surface area contributed by atoms with Gasteiger partial charge in [-0.15, -0.1) is 0 Å². The summed E-state index contributed by atoms with van der Waals surface area (Å²) in [4.78, 5) is 8.53. The minimum absolute atomic E-state index is 0.0460. The van der Waals surface area contributed by atoms with E-state index in [-0.39, 0.29) is 22.9 Å². The first-order chi connectivity index (χ1) is 12.4. The lowest BCUT2D eigenvalue weighted by Crippen LogP contribution is -2.56. The molecule has 134 valence electrons. The van der Waals surface area contributed by atoms with Gasteiger partial charge in [0, 0.05) is 35.7 Å². The van der Waals surface area contributed by atoms with Gasteiger partial charge in [0.25, 0.3) is 0 Å². The Morgan fingerprint density at radius 2 is 2.12 bits per heavy atom. The summed E-state index contributed by atoms with van der Waals surface area (Å²) in [5.74, 6) is 0.297. The lowest BCUT2D eigenvalue weighted by Gasteiger charge is -2.48. The zero-order chi connectivity index (χ0) is 18.1. The van der Waals surface area contributed by atoms with Crippen LogP contribution in [0.5, 0.6) is 0 Å². The van der Waals surface area contributed by atoms with Crippen LogP contribution in [0.25, 0.3) is 17.0 Å². The van der Waals surface area contributed by atoms with Crippen molar-refractivity contribution < 1.29 is 9.13 Å². The highest BCUT2D eigenvalue weighted by Gasteiger charge is 2.53. The van der Waals surface area contributed by atoms with Gasteiger partial charge in [0.05, 0.1) is 23.5 Å². The molecule has 2 aliphatic heterocycles. The molecule has 1 saturated heterocycles. The predicted octanol–water partition coefficient (Wildman–Crippen LogP) is 3.79. The lowest BCUT2D eigenvalue weighted by atomic mass is 9.67. The maximum Gasteiger partial charge on any atom is 0.234 e. The molecular formula is C20H21FN4O. The van der Waals surface area contributed by atoms with Crippen molar-refractivity contribution in [2.24, 2.45) is 0 Å². The number of ether oxygens (including phenoxy) is 1. The van der Waals surface area contributed by atoms with Crippen LogP contribution in [0.2, 0.25) is 0 Å². The van der Waals surface area contributed by atoms with Gasteiger partial charge in [-0.25, -0.2) is 14.4 Å². The number of benzene rings is 1. The second-order valence-corrected chi connectivity index (χ2v) is 8.08. The summed E-state index contributed by atoms with van der Waals surface area (Å²) in [5.41, 5.74) is 2.81. The molecule has 0 amide bonds. The minimum Gasteiger partial charge on any atom is -0.377 e. The van der Waals surface area contributed by atoms with Crippen molar-refractivity contribution in [1.82, 2.24) is 14.4 Å². The first-order valence-corrected chi connectivity index (χ1v) is 8.92. The van der Waals surface area contributed by atoms with Crippen LogP contribution < -0.4 is 5.32 Å². The van der Waals surface area contributed by atoms with Crippen molar-refractivity contribution >= 4 is 11.5 Å². The summed E-state index contributed by atoms with van der Waals surface area (Å²) in [6, 6.07) is 5.40. The SMILES string of the molecule is CC1(C)Nc2cc(F)c(-c3cnc4ncccn34)cc2C2(C)CCOC12. The van der Waals surface area contributed by atoms with Crippen LogP contribution >= 0.6 is 0 Å². The fourth-order valence-corrected chi connectivity index (χ4v) is 4.77. The number of aromatic nitrogens is 3. The normalized spacial score (nSPS) is 26.4. The second-order valence-electron chi connectivity index (χ2n) is 8.08. The standard InChI is InChI=1S/C20H21FN4O/c1-19(2)17-20(3,5-8-26-17)13-9-12(14(21)10-15(13)24-19)16-11-23-18-22-6-4-7-25(16)18/h4,6-7,9-11,17,24H,5,8H2,1-3H3. The van der Waals surface area contributed by atoms with Crippen LogP contribution in [0, 0.1) is 5.82 Å². The van der Waals surface area contributed by atoms with Crippen molar-refractivity contribution in [2.75, 3.05) is 11.9 Å². The lowest BCUT2D eigenvalue weighted by molar-refractivity contribution is 0.0352. The molecule has 2 atom stereocenters. The molecule has 1 N–H and O–H groups in total. The van der Waals surface area contributed by atoms with Crippen molar-refractivity contribution in [3.63, 3.8) is 0 Å². The number of hydrogen-bond donors (Lipinski definition) is 1. The number of nitrogens with zero attached hydrogens (tertiary/aromatic N) is 3. The fraction of sp³-hybridized carbons (Fsp3) is 0.400. The first-order valence-electron chi connectivity index (χ1n) is 8.92. The molecular weight excluding hydrogens is 331 g/mol. The third kappa shape index (κ3) is 1.99. The van der Waals surface area contributed by atoms with Gasteiger partial charge in [0.1, 0.15) is 5.82 Å². The summed E-state index contributed by atoms with van der Waals surface area (Å²) < 4.78 is 23.0. The van der Waals surface area contributed by atoms with Crippen LogP contribution in [-0.2, 0) is 10.2 Å². The Bertz CT molecular complexity index is 1030. The van der Waals surface area contributed by atoms with Crippen LogP contribution in [0.15, 0.2) is 36.8 Å². The maximum atomic E-state index is 15.1. The molecule has 2 aromatic heterocycles. The number of imidazole rings is 1. The van der Waals surface area contributed by atoms with Crippen LogP contribution in [-0.4, -0.2) is 32.6 Å².